The zero-order valence-corrected chi connectivity index (χ0v) is 19.7. The molecule has 4 nitrogen and oxygen atoms in total. The van der Waals surface area contributed by atoms with E-state index in [9.17, 15) is 9.59 Å². The van der Waals surface area contributed by atoms with Crippen LogP contribution in [0.4, 0.5) is 0 Å². The van der Waals surface area contributed by atoms with Gasteiger partial charge in [-0.2, -0.15) is 0 Å². The molecule has 0 amide bonds. The van der Waals surface area contributed by atoms with E-state index in [1.54, 1.807) is 23.0 Å². The molecule has 2 heterocycles. The van der Waals surface area contributed by atoms with Crippen LogP contribution in [-0.2, 0) is 24.6 Å². The van der Waals surface area contributed by atoms with Crippen molar-refractivity contribution in [3.8, 4) is 0 Å². The van der Waals surface area contributed by atoms with Gasteiger partial charge in [-0.25, -0.2) is 0 Å². The van der Waals surface area contributed by atoms with Crippen LogP contribution in [-0.4, -0.2) is 20.9 Å². The topological polar surface area (TPSA) is 44.0 Å². The Labute approximate surface area is 157 Å². The number of carbonyl (C=O) groups is 2. The number of nitrogens with zero attached hydrogens (tertiary/aromatic N) is 2. The van der Waals surface area contributed by atoms with Crippen LogP contribution in [0.2, 0.25) is 0 Å². The van der Waals surface area contributed by atoms with E-state index in [0.717, 1.165) is 11.0 Å². The van der Waals surface area contributed by atoms with Gasteiger partial charge in [0.2, 0.25) is 0 Å². The standard InChI is InChI=1S/2C10H8NO.Hg/c2*1-8(12)11-7-6-9-4-2-3-5-10(9)11;/h2*2-5,7H,1H3;. The molecule has 2 aromatic heterocycles. The van der Waals surface area contributed by atoms with Gasteiger partial charge in [0.25, 0.3) is 0 Å². The van der Waals surface area contributed by atoms with Gasteiger partial charge in [0.1, 0.15) is 0 Å². The van der Waals surface area contributed by atoms with Gasteiger partial charge in [0.15, 0.2) is 0 Å². The van der Waals surface area contributed by atoms with Crippen molar-refractivity contribution in [2.45, 2.75) is 13.8 Å². The first kappa shape index (κ1) is 16.3. The number of rotatable bonds is 2. The summed E-state index contributed by atoms with van der Waals surface area (Å²) < 4.78 is 6.10. The van der Waals surface area contributed by atoms with Crippen molar-refractivity contribution in [3.63, 3.8) is 0 Å². The molecule has 0 bridgehead atoms. The second-order valence-electron chi connectivity index (χ2n) is 6.30. The molecule has 25 heavy (non-hydrogen) atoms. The van der Waals surface area contributed by atoms with Crippen LogP contribution in [0.15, 0.2) is 60.9 Å². The minimum absolute atomic E-state index is 0.0296. The average Bonchev–Trinajstić information content (AvgIpc) is 3.15. The van der Waals surface area contributed by atoms with Crippen LogP contribution in [0.3, 0.4) is 0 Å². The Balaban J connectivity index is 1.89. The Morgan fingerprint density at radius 3 is 1.52 bits per heavy atom. The quantitative estimate of drug-likeness (QED) is 0.385. The molecule has 0 fully saturated rings. The van der Waals surface area contributed by atoms with Crippen LogP contribution in [0.5, 0.6) is 0 Å². The number of hydrogen-bond acceptors (Lipinski definition) is 2. The van der Waals surface area contributed by atoms with E-state index >= 15 is 0 Å². The third-order valence-electron chi connectivity index (χ3n) is 4.65. The fourth-order valence-corrected chi connectivity index (χ4v) is 11.0. The number of fused-ring (bicyclic) bond motifs is 2. The minimum atomic E-state index is -1.75. The van der Waals surface area contributed by atoms with Gasteiger partial charge in [-0.05, 0) is 0 Å². The normalized spacial score (nSPS) is 11.0. The first-order valence-electron chi connectivity index (χ1n) is 8.26. The van der Waals surface area contributed by atoms with Crippen LogP contribution in [0.25, 0.3) is 21.8 Å². The average molecular weight is 517 g/mol. The van der Waals surface area contributed by atoms with Crippen molar-refractivity contribution >= 4 is 39.8 Å². The Bertz CT molecular complexity index is 1050. The van der Waals surface area contributed by atoms with E-state index < -0.39 is 24.6 Å². The second-order valence-corrected chi connectivity index (χ2v) is 13.6. The molecule has 4 aromatic rings. The van der Waals surface area contributed by atoms with Crippen LogP contribution >= 0.6 is 0 Å². The molecule has 0 aliphatic carbocycles. The van der Waals surface area contributed by atoms with E-state index in [1.165, 1.54) is 16.9 Å². The van der Waals surface area contributed by atoms with Crippen molar-refractivity contribution < 1.29 is 34.2 Å². The Morgan fingerprint density at radius 2 is 1.12 bits per heavy atom. The molecule has 0 saturated heterocycles. The first-order chi connectivity index (χ1) is 12.1. The summed E-state index contributed by atoms with van der Waals surface area (Å²) in [4.78, 5) is 23.9. The molecule has 0 spiro atoms. The molecular weight excluding hydrogens is 501 g/mol. The fourth-order valence-electron chi connectivity index (χ4n) is 3.51. The van der Waals surface area contributed by atoms with Crippen molar-refractivity contribution in [2.24, 2.45) is 0 Å². The van der Waals surface area contributed by atoms with Gasteiger partial charge < -0.3 is 0 Å². The predicted molar refractivity (Wildman–Crippen MR) is 95.7 cm³/mol. The summed E-state index contributed by atoms with van der Waals surface area (Å²) in [5, 5.41) is 2.33. The Morgan fingerprint density at radius 1 is 0.720 bits per heavy atom. The summed E-state index contributed by atoms with van der Waals surface area (Å²) >= 11 is -1.75. The van der Waals surface area contributed by atoms with E-state index in [2.05, 4.69) is 12.1 Å². The summed E-state index contributed by atoms with van der Waals surface area (Å²) in [5.41, 5.74) is 1.95. The van der Waals surface area contributed by atoms with Gasteiger partial charge in [0, 0.05) is 0 Å². The molecule has 0 N–H and O–H groups in total. The van der Waals surface area contributed by atoms with E-state index in [0.29, 0.717) is 0 Å². The molecule has 0 saturated carbocycles. The van der Waals surface area contributed by atoms with Crippen molar-refractivity contribution in [3.05, 3.63) is 60.9 Å². The molecule has 0 radical (unpaired) electrons. The molecular formula is C20H16HgN2O2. The fraction of sp³-hybridized carbons (Fsp3) is 0.100. The molecule has 120 valence electrons. The zero-order valence-electron chi connectivity index (χ0n) is 14.2. The maximum atomic E-state index is 12.0. The number of para-hydroxylation sites is 2. The Kier molecular flexibility index (Phi) is 4.08. The predicted octanol–water partition coefficient (Wildman–Crippen LogP) is 2.95. The summed E-state index contributed by atoms with van der Waals surface area (Å²) in [6.45, 7) is 3.18. The van der Waals surface area contributed by atoms with Gasteiger partial charge >= 0.3 is 158 Å². The van der Waals surface area contributed by atoms with Crippen LogP contribution in [0, 0.1) is 0 Å². The van der Waals surface area contributed by atoms with Gasteiger partial charge in [-0.3, -0.25) is 0 Å². The number of benzene rings is 2. The SMILES string of the molecule is CC(=O)n1c[c]([Hg][c]2cn(C(C)=O)c3ccccc23)c2ccccc21. The molecule has 0 aliphatic heterocycles. The maximum absolute atomic E-state index is 12.0. The van der Waals surface area contributed by atoms with Gasteiger partial charge in [-0.1, -0.05) is 0 Å². The van der Waals surface area contributed by atoms with Crippen LogP contribution < -0.4 is 6.14 Å². The second kappa shape index (κ2) is 6.26. The number of aromatic nitrogens is 2. The van der Waals surface area contributed by atoms with Crippen molar-refractivity contribution in [2.75, 3.05) is 0 Å². The Hall–Kier alpha value is -2.20. The van der Waals surface area contributed by atoms with Crippen molar-refractivity contribution in [1.29, 1.82) is 0 Å². The van der Waals surface area contributed by atoms with Gasteiger partial charge in [-0.15, -0.1) is 0 Å². The number of hydrogen-bond donors (Lipinski definition) is 0. The molecule has 0 atom stereocenters. The van der Waals surface area contributed by atoms with Gasteiger partial charge in [0.05, 0.1) is 0 Å². The van der Waals surface area contributed by atoms with E-state index in [-0.39, 0.29) is 11.8 Å². The van der Waals surface area contributed by atoms with E-state index in [4.69, 9.17) is 0 Å². The van der Waals surface area contributed by atoms with Crippen LogP contribution in [0.1, 0.15) is 23.4 Å². The third kappa shape index (κ3) is 2.74. The van der Waals surface area contributed by atoms with Crippen molar-refractivity contribution in [1.82, 2.24) is 9.13 Å². The molecule has 2 aromatic carbocycles. The third-order valence-corrected chi connectivity index (χ3v) is 12.0. The summed E-state index contributed by atoms with van der Waals surface area (Å²) in [5.74, 6) is 0.0593. The molecule has 0 unspecified atom stereocenters. The zero-order chi connectivity index (χ0) is 17.6. The summed E-state index contributed by atoms with van der Waals surface area (Å²) in [6.07, 6.45) is 4.02. The molecule has 0 aliphatic rings. The number of carbonyl (C=O) groups excluding carboxylic acids is 2. The van der Waals surface area contributed by atoms with E-state index in [1.807, 2.05) is 48.8 Å². The molecule has 5 heteroatoms. The summed E-state index contributed by atoms with van der Waals surface area (Å²) in [7, 11) is 0. The monoisotopic (exact) mass is 518 g/mol. The summed E-state index contributed by atoms with van der Waals surface area (Å²) in [6, 6.07) is 16.1. The molecule has 4 rings (SSSR count). The first-order valence-corrected chi connectivity index (χ1v) is 13.8.